The first-order chi connectivity index (χ1) is 17.1. The molecular weight excluding hydrogens is 457 g/mol. The Labute approximate surface area is 199 Å². The zero-order valence-electron chi connectivity index (χ0n) is 18.6. The van der Waals surface area contributed by atoms with Crippen molar-refractivity contribution in [2.24, 2.45) is 0 Å². The SMILES string of the molecule is O=C1O[C@@H](CNc2ccon2)CN1c1ccc(N2CCN(c3ccc4nonc4c3)CC2)c(F)c1. The number of cyclic esters (lactones) is 1. The molecular formula is C23H22FN7O4. The van der Waals surface area contributed by atoms with Crippen LogP contribution in [0.25, 0.3) is 11.0 Å². The third kappa shape index (κ3) is 4.18. The molecule has 2 fully saturated rings. The average Bonchev–Trinajstić information content (AvgIpc) is 3.63. The molecule has 0 radical (unpaired) electrons. The largest absolute Gasteiger partial charge is 0.442 e. The van der Waals surface area contributed by atoms with Crippen LogP contribution in [0.4, 0.5) is 32.1 Å². The number of halogens is 1. The summed E-state index contributed by atoms with van der Waals surface area (Å²) >= 11 is 0. The predicted octanol–water partition coefficient (Wildman–Crippen LogP) is 3.11. The van der Waals surface area contributed by atoms with Gasteiger partial charge in [0.15, 0.2) is 5.82 Å². The summed E-state index contributed by atoms with van der Waals surface area (Å²) in [5.41, 5.74) is 3.44. The summed E-state index contributed by atoms with van der Waals surface area (Å²) in [6.45, 7) is 3.47. The fraction of sp³-hybridized carbons (Fsp3) is 0.304. The number of nitrogens with one attached hydrogen (secondary N) is 1. The standard InChI is InChI=1S/C23H22FN7O4/c24-18-11-16(31-14-17(34-23(31)32)13-25-22-5-10-33-28-22)2-4-21(18)30-8-6-29(7-9-30)15-1-3-19-20(12-15)27-35-26-19/h1-5,10-12,17H,6-9,13-14H2,(H,25,28)/t17-/m0/s1. The summed E-state index contributed by atoms with van der Waals surface area (Å²) in [4.78, 5) is 18.0. The van der Waals surface area contributed by atoms with Gasteiger partial charge in [-0.3, -0.25) is 4.90 Å². The average molecular weight is 479 g/mol. The first-order valence-corrected chi connectivity index (χ1v) is 11.3. The van der Waals surface area contributed by atoms with Gasteiger partial charge in [-0.2, -0.15) is 0 Å². The van der Waals surface area contributed by atoms with Gasteiger partial charge in [0.2, 0.25) is 0 Å². The number of ether oxygens (including phenoxy) is 1. The molecule has 0 bridgehead atoms. The molecule has 2 aromatic heterocycles. The third-order valence-corrected chi connectivity index (χ3v) is 6.29. The number of hydrogen-bond donors (Lipinski definition) is 1. The molecule has 11 nitrogen and oxygen atoms in total. The molecule has 2 aliphatic heterocycles. The second-order valence-corrected chi connectivity index (χ2v) is 8.43. The van der Waals surface area contributed by atoms with E-state index < -0.39 is 6.09 Å². The van der Waals surface area contributed by atoms with Crippen molar-refractivity contribution in [2.75, 3.05) is 59.3 Å². The maximum atomic E-state index is 15.1. The number of carbonyl (C=O) groups excluding carboxylic acids is 1. The normalized spacial score (nSPS) is 18.4. The molecule has 12 heteroatoms. The van der Waals surface area contributed by atoms with Crippen molar-refractivity contribution in [3.05, 3.63) is 54.5 Å². The van der Waals surface area contributed by atoms with E-state index in [2.05, 4.69) is 25.7 Å². The zero-order chi connectivity index (χ0) is 23.8. The Balaban J connectivity index is 1.08. The monoisotopic (exact) mass is 479 g/mol. The Kier molecular flexibility index (Phi) is 5.32. The van der Waals surface area contributed by atoms with E-state index in [4.69, 9.17) is 13.9 Å². The number of fused-ring (bicyclic) bond motifs is 1. The van der Waals surface area contributed by atoms with Crippen molar-refractivity contribution >= 4 is 40.0 Å². The summed E-state index contributed by atoms with van der Waals surface area (Å²) in [5, 5.41) is 14.5. The molecule has 0 saturated carbocycles. The minimum absolute atomic E-state index is 0.312. The number of aromatic nitrogens is 3. The minimum Gasteiger partial charge on any atom is -0.442 e. The van der Waals surface area contributed by atoms with Crippen molar-refractivity contribution in [1.29, 1.82) is 0 Å². The lowest BCUT2D eigenvalue weighted by Gasteiger charge is -2.37. The lowest BCUT2D eigenvalue weighted by Crippen LogP contribution is -2.46. The van der Waals surface area contributed by atoms with Gasteiger partial charge in [0.05, 0.1) is 24.5 Å². The number of benzene rings is 2. The van der Waals surface area contributed by atoms with Gasteiger partial charge in [0.25, 0.3) is 0 Å². The Morgan fingerprint density at radius 1 is 0.943 bits per heavy atom. The van der Waals surface area contributed by atoms with Crippen LogP contribution in [0.5, 0.6) is 0 Å². The van der Waals surface area contributed by atoms with Crippen molar-refractivity contribution in [1.82, 2.24) is 15.5 Å². The van der Waals surface area contributed by atoms with Gasteiger partial charge in [-0.05, 0) is 46.7 Å². The fourth-order valence-corrected chi connectivity index (χ4v) is 4.45. The fourth-order valence-electron chi connectivity index (χ4n) is 4.45. The smallest absolute Gasteiger partial charge is 0.414 e. The highest BCUT2D eigenvalue weighted by atomic mass is 19.1. The molecule has 1 amide bonds. The quantitative estimate of drug-likeness (QED) is 0.443. The lowest BCUT2D eigenvalue weighted by molar-refractivity contribution is 0.147. The molecule has 35 heavy (non-hydrogen) atoms. The number of nitrogens with zero attached hydrogens (tertiary/aromatic N) is 6. The van der Waals surface area contributed by atoms with Crippen molar-refractivity contribution in [2.45, 2.75) is 6.10 Å². The summed E-state index contributed by atoms with van der Waals surface area (Å²) in [6, 6.07) is 12.4. The number of carbonyl (C=O) groups is 1. The Morgan fingerprint density at radius 3 is 2.54 bits per heavy atom. The summed E-state index contributed by atoms with van der Waals surface area (Å²) in [6.07, 6.45) is 0.564. The van der Waals surface area contributed by atoms with Gasteiger partial charge < -0.3 is 24.4 Å². The number of amides is 1. The van der Waals surface area contributed by atoms with Crippen LogP contribution < -0.4 is 20.0 Å². The van der Waals surface area contributed by atoms with Crippen LogP contribution in [0.1, 0.15) is 0 Å². The van der Waals surface area contributed by atoms with Crippen LogP contribution in [-0.4, -0.2) is 66.9 Å². The van der Waals surface area contributed by atoms with Crippen LogP contribution in [0.3, 0.4) is 0 Å². The molecule has 2 aliphatic rings. The summed E-state index contributed by atoms with van der Waals surface area (Å²) < 4.78 is 30.1. The van der Waals surface area contributed by atoms with Crippen molar-refractivity contribution in [3.63, 3.8) is 0 Å². The number of piperazine rings is 1. The minimum atomic E-state index is -0.503. The second kappa shape index (κ2) is 8.78. The number of rotatable bonds is 6. The molecule has 180 valence electrons. The Morgan fingerprint density at radius 2 is 1.74 bits per heavy atom. The van der Waals surface area contributed by atoms with Crippen LogP contribution in [-0.2, 0) is 4.74 Å². The van der Waals surface area contributed by atoms with E-state index >= 15 is 4.39 Å². The molecule has 1 N–H and O–H groups in total. The molecule has 0 unspecified atom stereocenters. The third-order valence-electron chi connectivity index (χ3n) is 6.29. The van der Waals surface area contributed by atoms with E-state index in [0.29, 0.717) is 54.4 Å². The first kappa shape index (κ1) is 21.2. The van der Waals surface area contributed by atoms with E-state index in [9.17, 15) is 4.79 Å². The zero-order valence-corrected chi connectivity index (χ0v) is 18.6. The van der Waals surface area contributed by atoms with Gasteiger partial charge in [-0.15, -0.1) is 0 Å². The number of hydrogen-bond acceptors (Lipinski definition) is 10. The Hall–Kier alpha value is -4.35. The van der Waals surface area contributed by atoms with Crippen molar-refractivity contribution in [3.8, 4) is 0 Å². The van der Waals surface area contributed by atoms with E-state index in [1.807, 2.05) is 23.1 Å². The van der Waals surface area contributed by atoms with Gasteiger partial charge in [-0.25, -0.2) is 13.8 Å². The molecule has 0 spiro atoms. The van der Waals surface area contributed by atoms with Gasteiger partial charge >= 0.3 is 6.09 Å². The van der Waals surface area contributed by atoms with Crippen LogP contribution in [0.2, 0.25) is 0 Å². The molecule has 1 atom stereocenters. The maximum Gasteiger partial charge on any atom is 0.414 e. The predicted molar refractivity (Wildman–Crippen MR) is 125 cm³/mol. The summed E-state index contributed by atoms with van der Waals surface area (Å²) in [5.74, 6) is 0.189. The van der Waals surface area contributed by atoms with E-state index in [1.54, 1.807) is 18.2 Å². The van der Waals surface area contributed by atoms with E-state index in [-0.39, 0.29) is 11.9 Å². The van der Waals surface area contributed by atoms with Gasteiger partial charge in [0.1, 0.15) is 29.2 Å². The second-order valence-electron chi connectivity index (χ2n) is 8.43. The molecule has 0 aliphatic carbocycles. The van der Waals surface area contributed by atoms with Crippen LogP contribution in [0, 0.1) is 5.82 Å². The van der Waals surface area contributed by atoms with Crippen molar-refractivity contribution < 1.29 is 23.1 Å². The topological polar surface area (TPSA) is 113 Å². The highest BCUT2D eigenvalue weighted by Gasteiger charge is 2.33. The lowest BCUT2D eigenvalue weighted by atomic mass is 10.2. The van der Waals surface area contributed by atoms with Crippen LogP contribution >= 0.6 is 0 Å². The maximum absolute atomic E-state index is 15.1. The first-order valence-electron chi connectivity index (χ1n) is 11.3. The molecule has 2 saturated heterocycles. The molecule has 6 rings (SSSR count). The molecule has 2 aromatic carbocycles. The van der Waals surface area contributed by atoms with Crippen LogP contribution in [0.15, 0.2) is 57.9 Å². The van der Waals surface area contributed by atoms with E-state index in [0.717, 1.165) is 18.8 Å². The van der Waals surface area contributed by atoms with E-state index in [1.165, 1.54) is 17.2 Å². The Bertz CT molecular complexity index is 1340. The highest BCUT2D eigenvalue weighted by molar-refractivity contribution is 5.90. The number of anilines is 4. The van der Waals surface area contributed by atoms with Gasteiger partial charge in [-0.1, -0.05) is 5.16 Å². The molecule has 4 heterocycles. The highest BCUT2D eigenvalue weighted by Crippen LogP contribution is 2.29. The summed E-state index contributed by atoms with van der Waals surface area (Å²) in [7, 11) is 0. The molecule has 4 aromatic rings. The van der Waals surface area contributed by atoms with Gasteiger partial charge in [0, 0.05) is 37.9 Å².